The summed E-state index contributed by atoms with van der Waals surface area (Å²) in [5.74, 6) is 0.0289. The van der Waals surface area contributed by atoms with Gasteiger partial charge in [0.1, 0.15) is 12.6 Å². The molecule has 0 spiro atoms. The smallest absolute Gasteiger partial charge is 0.250 e. The maximum absolute atomic E-state index is 13.7. The molecule has 1 saturated heterocycles. The molecule has 2 aliphatic rings. The van der Waals surface area contributed by atoms with Gasteiger partial charge >= 0.3 is 0 Å². The molecule has 2 amide bonds. The molecule has 0 bridgehead atoms. The number of benzene rings is 2. The Morgan fingerprint density at radius 2 is 1.66 bits per heavy atom. The van der Waals surface area contributed by atoms with Gasteiger partial charge in [-0.1, -0.05) is 73.3 Å². The first-order chi connectivity index (χ1) is 14.1. The molecule has 2 fully saturated rings. The van der Waals surface area contributed by atoms with E-state index in [1.807, 2.05) is 60.4 Å². The lowest BCUT2D eigenvalue weighted by Crippen LogP contribution is -2.58. The predicted octanol–water partition coefficient (Wildman–Crippen LogP) is 4.89. The molecular weight excluding hydrogens is 384 g/mol. The number of aryl methyl sites for hydroxylation is 1. The second-order valence-corrected chi connectivity index (χ2v) is 8.54. The average Bonchev–Trinajstić information content (AvgIpc) is 2.73. The number of carbonyl (C=O) groups is 2. The predicted molar refractivity (Wildman–Crippen MR) is 115 cm³/mol. The molecular formula is C24H27ClN2O2. The van der Waals surface area contributed by atoms with Crippen LogP contribution in [0.4, 0.5) is 0 Å². The molecule has 2 aromatic carbocycles. The van der Waals surface area contributed by atoms with Gasteiger partial charge in [0.2, 0.25) is 5.91 Å². The molecule has 2 aromatic rings. The summed E-state index contributed by atoms with van der Waals surface area (Å²) < 4.78 is 0. The van der Waals surface area contributed by atoms with Crippen molar-refractivity contribution in [3.63, 3.8) is 0 Å². The Bertz CT molecular complexity index is 907. The van der Waals surface area contributed by atoms with Crippen molar-refractivity contribution >= 4 is 23.4 Å². The van der Waals surface area contributed by atoms with Crippen LogP contribution in [-0.4, -0.2) is 34.2 Å². The molecule has 1 aliphatic heterocycles. The monoisotopic (exact) mass is 410 g/mol. The van der Waals surface area contributed by atoms with E-state index in [1.165, 1.54) is 6.42 Å². The van der Waals surface area contributed by atoms with E-state index in [0.717, 1.165) is 42.4 Å². The van der Waals surface area contributed by atoms with Crippen LogP contribution in [-0.2, 0) is 16.1 Å². The van der Waals surface area contributed by atoms with Crippen LogP contribution in [0.15, 0.2) is 48.5 Å². The fourth-order valence-corrected chi connectivity index (χ4v) is 4.83. The van der Waals surface area contributed by atoms with Crippen molar-refractivity contribution in [3.8, 4) is 0 Å². The van der Waals surface area contributed by atoms with Gasteiger partial charge in [0.25, 0.3) is 5.91 Å². The lowest BCUT2D eigenvalue weighted by Gasteiger charge is -2.45. The number of halogens is 1. The van der Waals surface area contributed by atoms with Crippen molar-refractivity contribution in [2.24, 2.45) is 0 Å². The number of amides is 2. The van der Waals surface area contributed by atoms with Crippen LogP contribution in [0.1, 0.15) is 54.8 Å². The van der Waals surface area contributed by atoms with Crippen LogP contribution in [0, 0.1) is 6.92 Å². The van der Waals surface area contributed by atoms with Crippen LogP contribution >= 0.6 is 11.6 Å². The molecule has 0 aromatic heterocycles. The minimum absolute atomic E-state index is 0.0108. The summed E-state index contributed by atoms with van der Waals surface area (Å²) in [5, 5.41) is 0.617. The number of rotatable bonds is 4. The zero-order valence-electron chi connectivity index (χ0n) is 16.8. The fraction of sp³-hybridized carbons (Fsp3) is 0.417. The van der Waals surface area contributed by atoms with Crippen molar-refractivity contribution in [2.75, 3.05) is 6.54 Å². The van der Waals surface area contributed by atoms with Crippen LogP contribution in [0.3, 0.4) is 0 Å². The standard InChI is InChI=1S/C24H27ClN2O2/c1-17-9-5-7-13-20(17)23-24(29)26(19-11-3-2-4-12-19)16-22(28)27(23)15-18-10-6-8-14-21(18)25/h5-10,13-14,19,23H,2-4,11-12,15-16H2,1H3. The molecule has 1 heterocycles. The highest BCUT2D eigenvalue weighted by Crippen LogP contribution is 2.35. The molecule has 1 unspecified atom stereocenters. The molecule has 1 aliphatic carbocycles. The van der Waals surface area contributed by atoms with Gasteiger partial charge in [-0.25, -0.2) is 0 Å². The van der Waals surface area contributed by atoms with E-state index in [4.69, 9.17) is 11.6 Å². The molecule has 4 rings (SSSR count). The minimum Gasteiger partial charge on any atom is -0.328 e. The largest absolute Gasteiger partial charge is 0.328 e. The normalized spacial score (nSPS) is 21.0. The minimum atomic E-state index is -0.601. The summed E-state index contributed by atoms with van der Waals surface area (Å²) in [4.78, 5) is 30.6. The first-order valence-electron chi connectivity index (χ1n) is 10.4. The van der Waals surface area contributed by atoms with E-state index in [-0.39, 0.29) is 24.4 Å². The third-order valence-corrected chi connectivity index (χ3v) is 6.62. The van der Waals surface area contributed by atoms with E-state index in [0.29, 0.717) is 11.6 Å². The lowest BCUT2D eigenvalue weighted by molar-refractivity contribution is -0.160. The Hall–Kier alpha value is -2.33. The second-order valence-electron chi connectivity index (χ2n) is 8.13. The summed E-state index contributed by atoms with van der Waals surface area (Å²) >= 11 is 6.37. The van der Waals surface area contributed by atoms with Crippen molar-refractivity contribution in [1.29, 1.82) is 0 Å². The highest BCUT2D eigenvalue weighted by atomic mass is 35.5. The summed E-state index contributed by atoms with van der Waals surface area (Å²) in [6, 6.07) is 15.0. The number of hydrogen-bond acceptors (Lipinski definition) is 2. The first-order valence-corrected chi connectivity index (χ1v) is 10.8. The first kappa shape index (κ1) is 20.0. The van der Waals surface area contributed by atoms with Crippen LogP contribution in [0.25, 0.3) is 0 Å². The van der Waals surface area contributed by atoms with Gasteiger partial charge in [-0.2, -0.15) is 0 Å². The Kier molecular flexibility index (Phi) is 5.91. The van der Waals surface area contributed by atoms with Gasteiger partial charge < -0.3 is 9.80 Å². The van der Waals surface area contributed by atoms with E-state index in [2.05, 4.69) is 0 Å². The fourth-order valence-electron chi connectivity index (χ4n) is 4.63. The molecule has 1 atom stereocenters. The van der Waals surface area contributed by atoms with Gasteiger partial charge in [-0.3, -0.25) is 9.59 Å². The van der Waals surface area contributed by atoms with E-state index in [9.17, 15) is 9.59 Å². The van der Waals surface area contributed by atoms with Gasteiger partial charge in [0.05, 0.1) is 0 Å². The summed E-state index contributed by atoms with van der Waals surface area (Å²) in [6.45, 7) is 2.50. The number of nitrogens with zero attached hydrogens (tertiary/aromatic N) is 2. The highest BCUT2D eigenvalue weighted by Gasteiger charge is 2.43. The number of hydrogen-bond donors (Lipinski definition) is 0. The second kappa shape index (κ2) is 8.58. The maximum Gasteiger partial charge on any atom is 0.250 e. The summed E-state index contributed by atoms with van der Waals surface area (Å²) in [7, 11) is 0. The third-order valence-electron chi connectivity index (χ3n) is 6.25. The Balaban J connectivity index is 1.71. The number of carbonyl (C=O) groups excluding carboxylic acids is 2. The van der Waals surface area contributed by atoms with E-state index in [1.54, 1.807) is 4.90 Å². The molecule has 0 N–H and O–H groups in total. The average molecular weight is 411 g/mol. The Morgan fingerprint density at radius 1 is 0.966 bits per heavy atom. The molecule has 29 heavy (non-hydrogen) atoms. The summed E-state index contributed by atoms with van der Waals surface area (Å²) in [5.41, 5.74) is 2.78. The van der Waals surface area contributed by atoms with Gasteiger partial charge in [-0.15, -0.1) is 0 Å². The van der Waals surface area contributed by atoms with Crippen LogP contribution in [0.5, 0.6) is 0 Å². The highest BCUT2D eigenvalue weighted by molar-refractivity contribution is 6.31. The molecule has 152 valence electrons. The van der Waals surface area contributed by atoms with E-state index >= 15 is 0 Å². The Morgan fingerprint density at radius 3 is 2.38 bits per heavy atom. The zero-order valence-corrected chi connectivity index (χ0v) is 17.6. The van der Waals surface area contributed by atoms with Crippen LogP contribution < -0.4 is 0 Å². The van der Waals surface area contributed by atoms with Crippen molar-refractivity contribution in [2.45, 2.75) is 57.7 Å². The lowest BCUT2D eigenvalue weighted by atomic mass is 9.90. The maximum atomic E-state index is 13.7. The topological polar surface area (TPSA) is 40.6 Å². The SMILES string of the molecule is Cc1ccccc1C1C(=O)N(C2CCCCC2)CC(=O)N1Cc1ccccc1Cl. The molecule has 1 saturated carbocycles. The van der Waals surface area contributed by atoms with Crippen molar-refractivity contribution in [1.82, 2.24) is 9.80 Å². The van der Waals surface area contributed by atoms with Gasteiger partial charge in [0.15, 0.2) is 0 Å². The third kappa shape index (κ3) is 4.04. The van der Waals surface area contributed by atoms with Crippen LogP contribution in [0.2, 0.25) is 5.02 Å². The van der Waals surface area contributed by atoms with Gasteiger partial charge in [0, 0.05) is 17.6 Å². The number of piperazine rings is 1. The quantitative estimate of drug-likeness (QED) is 0.719. The summed E-state index contributed by atoms with van der Waals surface area (Å²) in [6.07, 6.45) is 5.45. The molecule has 0 radical (unpaired) electrons. The van der Waals surface area contributed by atoms with Crippen molar-refractivity contribution in [3.05, 3.63) is 70.2 Å². The zero-order chi connectivity index (χ0) is 20.4. The Labute approximate surface area is 177 Å². The van der Waals surface area contributed by atoms with Crippen molar-refractivity contribution < 1.29 is 9.59 Å². The van der Waals surface area contributed by atoms with Gasteiger partial charge in [-0.05, 0) is 42.5 Å². The molecule has 5 heteroatoms. The van der Waals surface area contributed by atoms with E-state index < -0.39 is 6.04 Å². The molecule has 4 nitrogen and oxygen atoms in total.